The van der Waals surface area contributed by atoms with Gasteiger partial charge in [-0.1, -0.05) is 168 Å². The molecule has 0 atom stereocenters. The van der Waals surface area contributed by atoms with Crippen molar-refractivity contribution in [3.05, 3.63) is 168 Å². The van der Waals surface area contributed by atoms with Gasteiger partial charge >= 0.3 is 0 Å². The molecule has 0 amide bonds. The van der Waals surface area contributed by atoms with Crippen molar-refractivity contribution in [3.63, 3.8) is 0 Å². The van der Waals surface area contributed by atoms with Crippen molar-refractivity contribution in [3.8, 4) is 66.8 Å². The fourth-order valence-corrected chi connectivity index (χ4v) is 11.4. The Morgan fingerprint density at radius 3 is 0.742 bits per heavy atom. The first kappa shape index (κ1) is 41.0. The molecule has 66 heavy (non-hydrogen) atoms. The van der Waals surface area contributed by atoms with Crippen LogP contribution in [0.25, 0.3) is 121 Å². The molecule has 0 radical (unpaired) electrons. The predicted octanol–water partition coefficient (Wildman–Crippen LogP) is 19.3. The number of hydrogen-bond acceptors (Lipinski definition) is 0. The third-order valence-corrected chi connectivity index (χ3v) is 15.2. The zero-order valence-electron chi connectivity index (χ0n) is 40.9. The molecule has 0 spiro atoms. The van der Waals surface area contributed by atoms with Gasteiger partial charge in [0.05, 0.1) is 0 Å². The maximum Gasteiger partial charge on any atom is -0.00260 e. The lowest BCUT2D eigenvalue weighted by molar-refractivity contribution is 0.589. The smallest absolute Gasteiger partial charge is 0.00260 e. The van der Waals surface area contributed by atoms with Crippen LogP contribution in [0.5, 0.6) is 0 Å². The number of rotatable bonds is 2. The van der Waals surface area contributed by atoms with Gasteiger partial charge in [-0.3, -0.25) is 0 Å². The van der Waals surface area contributed by atoms with Crippen molar-refractivity contribution in [2.75, 3.05) is 0 Å². The van der Waals surface area contributed by atoms with Gasteiger partial charge in [-0.15, -0.1) is 0 Å². The zero-order valence-corrected chi connectivity index (χ0v) is 40.9. The van der Waals surface area contributed by atoms with E-state index in [4.69, 9.17) is 0 Å². The van der Waals surface area contributed by atoms with E-state index >= 15 is 0 Å². The minimum absolute atomic E-state index is 0.00503. The summed E-state index contributed by atoms with van der Waals surface area (Å²) in [7, 11) is 0. The third-order valence-electron chi connectivity index (χ3n) is 15.2. The normalized spacial score (nSPS) is 13.5. The van der Waals surface area contributed by atoms with E-state index < -0.39 is 0 Å². The van der Waals surface area contributed by atoms with Crippen molar-refractivity contribution < 1.29 is 0 Å². The van der Waals surface area contributed by atoms with Gasteiger partial charge in [-0.05, 0) is 225 Å². The van der Waals surface area contributed by atoms with E-state index in [9.17, 15) is 0 Å². The van der Waals surface area contributed by atoms with Crippen LogP contribution in [0.4, 0.5) is 0 Å². The molecule has 10 aromatic carbocycles. The molecule has 0 fully saturated rings. The molecule has 0 bridgehead atoms. The molecular weight excluding hydrogens is 793 g/mol. The molecule has 0 saturated carbocycles. The Morgan fingerprint density at radius 1 is 0.227 bits per heavy atom. The van der Waals surface area contributed by atoms with Crippen LogP contribution in [0.3, 0.4) is 0 Å². The number of benzene rings is 10. The summed E-state index contributed by atoms with van der Waals surface area (Å²) in [5.74, 6) is 0. The van der Waals surface area contributed by atoms with Crippen LogP contribution in [-0.4, -0.2) is 0 Å². The average molecular weight is 853 g/mol. The summed E-state index contributed by atoms with van der Waals surface area (Å²) in [4.78, 5) is 0. The molecule has 0 N–H and O–H groups in total. The topological polar surface area (TPSA) is 0 Å². The first-order valence-electron chi connectivity index (χ1n) is 24.2. The lowest BCUT2D eigenvalue weighted by Crippen LogP contribution is -2.12. The van der Waals surface area contributed by atoms with Gasteiger partial charge in [0.15, 0.2) is 0 Å². The van der Waals surface area contributed by atoms with Gasteiger partial charge < -0.3 is 0 Å². The van der Waals surface area contributed by atoms with Gasteiger partial charge in [-0.2, -0.15) is 0 Å². The van der Waals surface area contributed by atoms with Crippen molar-refractivity contribution in [1.29, 1.82) is 0 Å². The predicted molar refractivity (Wildman–Crippen MR) is 289 cm³/mol. The second-order valence-electron chi connectivity index (χ2n) is 23.9. The molecule has 324 valence electrons. The fraction of sp³-hybridized carbons (Fsp3) is 0.242. The fourth-order valence-electron chi connectivity index (χ4n) is 11.4. The molecule has 0 aromatic heterocycles. The summed E-state index contributed by atoms with van der Waals surface area (Å²) in [5, 5.41) is 13.3. The van der Waals surface area contributed by atoms with Crippen LogP contribution in [0, 0.1) is 0 Å². The first-order valence-corrected chi connectivity index (χ1v) is 24.2. The molecule has 10 aromatic rings. The van der Waals surface area contributed by atoms with Crippen LogP contribution in [0.15, 0.2) is 146 Å². The Kier molecular flexibility index (Phi) is 8.41. The number of hydrogen-bond donors (Lipinski definition) is 0. The van der Waals surface area contributed by atoms with Crippen LogP contribution >= 0.6 is 0 Å². The van der Waals surface area contributed by atoms with Gasteiger partial charge in [0.1, 0.15) is 0 Å². The minimum Gasteiger partial charge on any atom is -0.0622 e. The average Bonchev–Trinajstić information content (AvgIpc) is 3.75. The van der Waals surface area contributed by atoms with Crippen molar-refractivity contribution in [2.45, 2.75) is 105 Å². The quantitative estimate of drug-likeness (QED) is 0.152. The lowest BCUT2D eigenvalue weighted by Gasteiger charge is -2.23. The van der Waals surface area contributed by atoms with E-state index in [1.54, 1.807) is 0 Å². The van der Waals surface area contributed by atoms with Gasteiger partial charge in [0.25, 0.3) is 0 Å². The van der Waals surface area contributed by atoms with Gasteiger partial charge in [0, 0.05) is 0 Å². The summed E-state index contributed by atoms with van der Waals surface area (Å²) >= 11 is 0. The first-order chi connectivity index (χ1) is 31.2. The molecule has 0 heterocycles. The molecule has 0 heteroatoms. The second kappa shape index (κ2) is 13.5. The van der Waals surface area contributed by atoms with E-state index in [0.717, 1.165) is 0 Å². The summed E-state index contributed by atoms with van der Waals surface area (Å²) in [6.07, 6.45) is 0. The third kappa shape index (κ3) is 6.10. The maximum atomic E-state index is 2.58. The van der Waals surface area contributed by atoms with Gasteiger partial charge in [0.2, 0.25) is 0 Å². The van der Waals surface area contributed by atoms with Crippen LogP contribution in [-0.2, 0) is 21.7 Å². The van der Waals surface area contributed by atoms with Crippen LogP contribution < -0.4 is 0 Å². The maximum absolute atomic E-state index is 2.58. The van der Waals surface area contributed by atoms with Crippen molar-refractivity contribution in [2.24, 2.45) is 0 Å². The molecule has 12 rings (SSSR count). The highest BCUT2D eigenvalue weighted by molar-refractivity contribution is 6.29. The van der Waals surface area contributed by atoms with E-state index in [-0.39, 0.29) is 21.7 Å². The molecule has 2 aliphatic carbocycles. The summed E-state index contributed by atoms with van der Waals surface area (Å²) in [6, 6.07) is 57.5. The highest BCUT2D eigenvalue weighted by atomic mass is 14.3. The Bertz CT molecular complexity index is 3480. The van der Waals surface area contributed by atoms with E-state index in [1.807, 2.05) is 0 Å². The van der Waals surface area contributed by atoms with E-state index in [0.29, 0.717) is 0 Å². The van der Waals surface area contributed by atoms with E-state index in [2.05, 4.69) is 229 Å². The van der Waals surface area contributed by atoms with Gasteiger partial charge in [-0.25, -0.2) is 0 Å². The highest BCUT2D eigenvalue weighted by Crippen LogP contribution is 2.56. The highest BCUT2D eigenvalue weighted by Gasteiger charge is 2.31. The largest absolute Gasteiger partial charge is 0.0622 e. The lowest BCUT2D eigenvalue weighted by atomic mass is 9.81. The second-order valence-corrected chi connectivity index (χ2v) is 23.9. The molecule has 2 aliphatic rings. The Labute approximate surface area is 391 Å². The SMILES string of the molecule is CC(C)(C)c1cc2c3c(cc(C(C)(C)C)cc3c1)-c1cc3c(cc1-2)c(-c1ccccc1)cc1c2cc4c(cc2c(-c2ccccc2)cc31)-c1cc(C(C)(C)C)cc2cc(C(C)(C)C)cc-4c12. The zero-order chi connectivity index (χ0) is 46.0. The number of fused-ring (bicyclic) bond motifs is 11. The minimum atomic E-state index is 0.00503. The summed E-state index contributed by atoms with van der Waals surface area (Å²) in [5.41, 5.74) is 21.4. The Hall–Kier alpha value is -6.50. The molecular formula is C66H60. The Balaban J connectivity index is 1.24. The van der Waals surface area contributed by atoms with Crippen LogP contribution in [0.1, 0.15) is 105 Å². The van der Waals surface area contributed by atoms with Crippen molar-refractivity contribution >= 4 is 53.9 Å². The van der Waals surface area contributed by atoms with E-state index in [1.165, 1.54) is 143 Å². The molecule has 0 nitrogen and oxygen atoms in total. The van der Waals surface area contributed by atoms with Crippen molar-refractivity contribution in [1.82, 2.24) is 0 Å². The molecule has 0 unspecified atom stereocenters. The Morgan fingerprint density at radius 2 is 0.470 bits per heavy atom. The molecule has 0 aliphatic heterocycles. The summed E-state index contributed by atoms with van der Waals surface area (Å²) < 4.78 is 0. The summed E-state index contributed by atoms with van der Waals surface area (Å²) in [6.45, 7) is 28.2. The standard InChI is InChI=1S/C66H60/c1-63(2,3)41-23-39-25-43(65(7,8)9)29-59-55-35-51-47(33-53(55)57(27-41)61(39)59)45(37-19-15-13-16-20-37)31-50-49(51)32-46(38-21-17-14-18-22-38)48-34-54-56(36-52(48)50)60-30-44(66(10,11)12)26-40-24-42(64(4,5)6)28-58(54)62(40)60/h13-36H,1-12H3. The molecule has 0 saturated heterocycles. The monoisotopic (exact) mass is 852 g/mol. The van der Waals surface area contributed by atoms with Crippen LogP contribution in [0.2, 0.25) is 0 Å².